The molecule has 1 aliphatic heterocycles. The molecule has 2 aliphatic rings. The predicted molar refractivity (Wildman–Crippen MR) is 173 cm³/mol. The lowest BCUT2D eigenvalue weighted by Gasteiger charge is -2.26. The molecule has 2 aromatic carbocycles. The van der Waals surface area contributed by atoms with Gasteiger partial charge in [-0.2, -0.15) is 13.1 Å². The van der Waals surface area contributed by atoms with E-state index < -0.39 is 34.1 Å². The fraction of sp³-hybridized carbons (Fsp3) is 0.387. The Kier molecular flexibility index (Phi) is 11.2. The normalized spacial score (nSPS) is 17.4. The number of aromatic nitrogens is 1. The minimum Gasteiger partial charge on any atom is -0.489 e. The zero-order valence-corrected chi connectivity index (χ0v) is 28.4. The predicted octanol–water partition coefficient (Wildman–Crippen LogP) is 6.07. The summed E-state index contributed by atoms with van der Waals surface area (Å²) in [6.07, 6.45) is 3.51. The summed E-state index contributed by atoms with van der Waals surface area (Å²) in [6, 6.07) is 9.79. The van der Waals surface area contributed by atoms with Crippen LogP contribution in [0, 0.1) is 5.92 Å². The summed E-state index contributed by atoms with van der Waals surface area (Å²) in [5.41, 5.74) is 0.926. The highest BCUT2D eigenvalue weighted by atomic mass is 35.5. The first-order valence-corrected chi connectivity index (χ1v) is 17.7. The lowest BCUT2D eigenvalue weighted by Crippen LogP contribution is -2.40. The molecule has 1 saturated carbocycles. The zero-order chi connectivity index (χ0) is 33.9. The number of ether oxygens (including phenoxy) is 3. The van der Waals surface area contributed by atoms with Crippen LogP contribution in [-0.4, -0.2) is 79.5 Å². The molecule has 0 radical (unpaired) electrons. The van der Waals surface area contributed by atoms with Crippen molar-refractivity contribution in [3.8, 4) is 11.5 Å². The maximum absolute atomic E-state index is 13.8. The number of nitrogens with zero attached hydrogens (tertiary/aromatic N) is 3. The van der Waals surface area contributed by atoms with E-state index in [-0.39, 0.29) is 50.9 Å². The summed E-state index contributed by atoms with van der Waals surface area (Å²) >= 11 is 13.9. The lowest BCUT2D eigenvalue weighted by atomic mass is 10.0. The Balaban J connectivity index is 1.46. The second-order valence-corrected chi connectivity index (χ2v) is 15.0. The molecule has 1 amide bonds. The van der Waals surface area contributed by atoms with Crippen LogP contribution in [0.15, 0.2) is 59.8 Å². The van der Waals surface area contributed by atoms with Crippen LogP contribution >= 0.6 is 35.0 Å². The summed E-state index contributed by atoms with van der Waals surface area (Å²) < 4.78 is 71.5. The fourth-order valence-electron chi connectivity index (χ4n) is 4.84. The van der Waals surface area contributed by atoms with Gasteiger partial charge in [0, 0.05) is 50.8 Å². The Morgan fingerprint density at radius 1 is 1.09 bits per heavy atom. The van der Waals surface area contributed by atoms with Crippen LogP contribution in [0.5, 0.6) is 11.5 Å². The SMILES string of the molecule is CN(C)C(=O)c1cccc(S(=O)(=O)N2CCS[C@H]2C(=O)O[C@H](Cc2c(Cl)cncc2Cl)c2ccc(OC(F)F)c(OCC3CC3)c2)c1. The number of hydrogen-bond donors (Lipinski definition) is 0. The van der Waals surface area contributed by atoms with Gasteiger partial charge in [-0.1, -0.05) is 35.3 Å². The molecule has 0 N–H and O–H groups in total. The number of pyridine rings is 1. The van der Waals surface area contributed by atoms with Crippen molar-refractivity contribution in [2.45, 2.75) is 42.2 Å². The van der Waals surface area contributed by atoms with E-state index in [0.717, 1.165) is 28.9 Å². The average molecular weight is 731 g/mol. The van der Waals surface area contributed by atoms with Gasteiger partial charge in [-0.25, -0.2) is 13.2 Å². The number of rotatable bonds is 13. The third-order valence-electron chi connectivity index (χ3n) is 7.47. The van der Waals surface area contributed by atoms with Crippen molar-refractivity contribution in [1.82, 2.24) is 14.2 Å². The summed E-state index contributed by atoms with van der Waals surface area (Å²) in [7, 11) is -1.13. The number of benzene rings is 2. The number of carbonyl (C=O) groups excluding carboxylic acids is 2. The van der Waals surface area contributed by atoms with Crippen LogP contribution in [0.2, 0.25) is 10.0 Å². The van der Waals surface area contributed by atoms with Gasteiger partial charge in [0.15, 0.2) is 16.9 Å². The Labute approximate surface area is 285 Å². The number of amides is 1. The van der Waals surface area contributed by atoms with Gasteiger partial charge in [0.2, 0.25) is 10.0 Å². The zero-order valence-electron chi connectivity index (χ0n) is 25.3. The number of alkyl halides is 2. The van der Waals surface area contributed by atoms with E-state index >= 15 is 0 Å². The highest BCUT2D eigenvalue weighted by Crippen LogP contribution is 2.39. The molecule has 2 heterocycles. The largest absolute Gasteiger partial charge is 0.489 e. The van der Waals surface area contributed by atoms with Crippen LogP contribution < -0.4 is 9.47 Å². The second kappa shape index (κ2) is 14.9. The molecular weight excluding hydrogens is 699 g/mol. The van der Waals surface area contributed by atoms with Crippen molar-refractivity contribution in [1.29, 1.82) is 0 Å². The Morgan fingerprint density at radius 2 is 1.81 bits per heavy atom. The van der Waals surface area contributed by atoms with E-state index in [9.17, 15) is 26.8 Å². The molecule has 2 fully saturated rings. The van der Waals surface area contributed by atoms with Gasteiger partial charge in [0.05, 0.1) is 21.5 Å². The lowest BCUT2D eigenvalue weighted by molar-refractivity contribution is -0.150. The highest BCUT2D eigenvalue weighted by molar-refractivity contribution is 8.02. The first-order chi connectivity index (χ1) is 22.3. The molecule has 2 atom stereocenters. The van der Waals surface area contributed by atoms with Crippen LogP contribution in [0.25, 0.3) is 0 Å². The topological polar surface area (TPSA) is 115 Å². The number of sulfonamides is 1. The molecule has 0 spiro atoms. The fourth-order valence-corrected chi connectivity index (χ4v) is 8.45. The van der Waals surface area contributed by atoms with Crippen molar-refractivity contribution in [2.75, 3.05) is 33.0 Å². The molecular formula is C31H31Cl2F2N3O7S2. The number of halogens is 4. The minimum absolute atomic E-state index is 0.0180. The third-order valence-corrected chi connectivity index (χ3v) is 11.3. The highest BCUT2D eigenvalue weighted by Gasteiger charge is 2.42. The molecule has 0 unspecified atom stereocenters. The van der Waals surface area contributed by atoms with E-state index in [1.807, 2.05) is 0 Å². The first-order valence-electron chi connectivity index (χ1n) is 14.5. The molecule has 1 aliphatic carbocycles. The van der Waals surface area contributed by atoms with Crippen molar-refractivity contribution >= 4 is 56.9 Å². The molecule has 10 nitrogen and oxygen atoms in total. The van der Waals surface area contributed by atoms with E-state index in [2.05, 4.69) is 9.72 Å². The smallest absolute Gasteiger partial charge is 0.387 e. The molecule has 16 heteroatoms. The molecule has 0 bridgehead atoms. The molecule has 252 valence electrons. The standard InChI is InChI=1S/C31H31Cl2F2N3O7S2/c1-37(2)28(39)20-4-3-5-21(12-20)47(41,42)38-10-11-46-29(38)30(40)44-26(14-22-23(32)15-36-16-24(22)33)19-8-9-25(45-31(34)35)27(13-19)43-17-18-6-7-18/h3-5,8-9,12-13,15-16,18,26,29,31H,6-7,10-11,14,17H2,1-2H3/t26-,29+/m1/s1. The quantitative estimate of drug-likeness (QED) is 0.193. The third kappa shape index (κ3) is 8.47. The van der Waals surface area contributed by atoms with Gasteiger partial charge in [-0.3, -0.25) is 9.78 Å². The van der Waals surface area contributed by atoms with Crippen molar-refractivity contribution < 1.29 is 41.0 Å². The summed E-state index contributed by atoms with van der Waals surface area (Å²) in [5, 5.41) is -0.855. The van der Waals surface area contributed by atoms with Gasteiger partial charge in [0.1, 0.15) is 6.10 Å². The molecule has 5 rings (SSSR count). The first kappa shape index (κ1) is 35.1. The van der Waals surface area contributed by atoms with Gasteiger partial charge in [-0.15, -0.1) is 11.8 Å². The van der Waals surface area contributed by atoms with Crippen LogP contribution in [0.1, 0.15) is 40.4 Å². The van der Waals surface area contributed by atoms with Crippen LogP contribution in [0.4, 0.5) is 8.78 Å². The van der Waals surface area contributed by atoms with Crippen molar-refractivity contribution in [3.63, 3.8) is 0 Å². The number of thioether (sulfide) groups is 1. The van der Waals surface area contributed by atoms with Crippen molar-refractivity contribution in [3.05, 3.63) is 81.6 Å². The van der Waals surface area contributed by atoms with E-state index in [4.69, 9.17) is 32.7 Å². The second-order valence-electron chi connectivity index (χ2n) is 11.1. The number of esters is 1. The van der Waals surface area contributed by atoms with Gasteiger partial charge < -0.3 is 19.1 Å². The van der Waals surface area contributed by atoms with Crippen LogP contribution in [-0.2, 0) is 26.0 Å². The molecule has 1 aromatic heterocycles. The molecule has 1 saturated heterocycles. The summed E-state index contributed by atoms with van der Waals surface area (Å²) in [5.74, 6) is -0.787. The summed E-state index contributed by atoms with van der Waals surface area (Å²) in [4.78, 5) is 31.5. The van der Waals surface area contributed by atoms with Gasteiger partial charge in [-0.05, 0) is 60.2 Å². The Bertz CT molecular complexity index is 1730. The maximum atomic E-state index is 13.8. The minimum atomic E-state index is -4.24. The van der Waals surface area contributed by atoms with Gasteiger partial charge >= 0.3 is 12.6 Å². The van der Waals surface area contributed by atoms with E-state index in [1.54, 1.807) is 14.1 Å². The average Bonchev–Trinajstić information content (AvgIpc) is 3.72. The summed E-state index contributed by atoms with van der Waals surface area (Å²) in [6.45, 7) is -2.78. The van der Waals surface area contributed by atoms with E-state index in [1.165, 1.54) is 59.8 Å². The monoisotopic (exact) mass is 729 g/mol. The Morgan fingerprint density at radius 3 is 2.47 bits per heavy atom. The number of hydrogen-bond acceptors (Lipinski definition) is 9. The maximum Gasteiger partial charge on any atom is 0.387 e. The number of carbonyl (C=O) groups is 2. The molecule has 47 heavy (non-hydrogen) atoms. The Hall–Kier alpha value is -3.17. The molecule has 3 aromatic rings. The van der Waals surface area contributed by atoms with Gasteiger partial charge in [0.25, 0.3) is 5.91 Å². The van der Waals surface area contributed by atoms with E-state index in [0.29, 0.717) is 29.4 Å². The van der Waals surface area contributed by atoms with Crippen molar-refractivity contribution in [2.24, 2.45) is 5.92 Å². The van der Waals surface area contributed by atoms with Crippen LogP contribution in [0.3, 0.4) is 0 Å².